The molecule has 0 amide bonds. The molecule has 0 atom stereocenters. The Hall–Kier alpha value is -3.30. The number of ether oxygens (including phenoxy) is 2. The SMILES string of the molecule is COc1cc2ncc(C#N)c(Nc3ccc(CN)cc3)c2cc1OC. The van der Waals surface area contributed by atoms with E-state index in [9.17, 15) is 5.26 Å². The number of nitrogens with two attached hydrogens (primary N) is 1. The number of hydrogen-bond donors (Lipinski definition) is 2. The molecule has 0 aliphatic heterocycles. The predicted octanol–water partition coefficient (Wildman–Crippen LogP) is 3.33. The van der Waals surface area contributed by atoms with E-state index in [0.29, 0.717) is 34.8 Å². The maximum atomic E-state index is 9.46. The molecule has 0 aliphatic rings. The minimum absolute atomic E-state index is 0.447. The fourth-order valence-corrected chi connectivity index (χ4v) is 2.61. The molecule has 1 aromatic heterocycles. The molecule has 0 saturated heterocycles. The van der Waals surface area contributed by atoms with Crippen molar-refractivity contribution < 1.29 is 9.47 Å². The number of methoxy groups -OCH3 is 2. The molecule has 0 aliphatic carbocycles. The van der Waals surface area contributed by atoms with Gasteiger partial charge < -0.3 is 20.5 Å². The first-order chi connectivity index (χ1) is 12.2. The summed E-state index contributed by atoms with van der Waals surface area (Å²) in [5.41, 5.74) is 9.36. The van der Waals surface area contributed by atoms with Crippen LogP contribution in [0, 0.1) is 11.3 Å². The highest BCUT2D eigenvalue weighted by molar-refractivity contribution is 5.97. The highest BCUT2D eigenvalue weighted by Crippen LogP contribution is 2.36. The summed E-state index contributed by atoms with van der Waals surface area (Å²) in [5, 5.41) is 13.5. The Kier molecular flexibility index (Phi) is 4.68. The molecule has 3 aromatic rings. The summed E-state index contributed by atoms with van der Waals surface area (Å²) in [6.45, 7) is 0.485. The van der Waals surface area contributed by atoms with Gasteiger partial charge in [0.15, 0.2) is 11.5 Å². The molecule has 6 heteroatoms. The normalized spacial score (nSPS) is 10.3. The van der Waals surface area contributed by atoms with Crippen molar-refractivity contribution in [1.82, 2.24) is 4.98 Å². The lowest BCUT2D eigenvalue weighted by Crippen LogP contribution is -1.99. The lowest BCUT2D eigenvalue weighted by atomic mass is 10.1. The molecule has 2 aromatic carbocycles. The van der Waals surface area contributed by atoms with E-state index in [0.717, 1.165) is 16.6 Å². The molecule has 126 valence electrons. The topological polar surface area (TPSA) is 93.2 Å². The van der Waals surface area contributed by atoms with Crippen LogP contribution in [0.5, 0.6) is 11.5 Å². The summed E-state index contributed by atoms with van der Waals surface area (Å²) in [5.74, 6) is 1.17. The van der Waals surface area contributed by atoms with Crippen molar-refractivity contribution in [3.63, 3.8) is 0 Å². The molecule has 6 nitrogen and oxygen atoms in total. The van der Waals surface area contributed by atoms with Gasteiger partial charge in [-0.05, 0) is 23.8 Å². The summed E-state index contributed by atoms with van der Waals surface area (Å²) >= 11 is 0. The number of aromatic nitrogens is 1. The molecular weight excluding hydrogens is 316 g/mol. The standard InChI is InChI=1S/C19H18N4O2/c1-24-17-7-15-16(8-18(17)25-2)22-11-13(10-21)19(15)23-14-5-3-12(9-20)4-6-14/h3-8,11H,9,20H2,1-2H3,(H,22,23). The van der Waals surface area contributed by atoms with E-state index >= 15 is 0 Å². The van der Waals surface area contributed by atoms with Gasteiger partial charge in [-0.25, -0.2) is 0 Å². The zero-order valence-electron chi connectivity index (χ0n) is 14.0. The number of nitriles is 1. The van der Waals surface area contributed by atoms with Gasteiger partial charge in [0.05, 0.1) is 31.0 Å². The van der Waals surface area contributed by atoms with E-state index in [1.165, 1.54) is 0 Å². The van der Waals surface area contributed by atoms with Gasteiger partial charge in [-0.3, -0.25) is 4.98 Å². The van der Waals surface area contributed by atoms with Gasteiger partial charge in [-0.15, -0.1) is 0 Å². The van der Waals surface area contributed by atoms with Crippen LogP contribution in [0.1, 0.15) is 11.1 Å². The Balaban J connectivity index is 2.15. The van der Waals surface area contributed by atoms with Crippen LogP contribution in [-0.2, 0) is 6.54 Å². The average Bonchev–Trinajstić information content (AvgIpc) is 2.67. The fourth-order valence-electron chi connectivity index (χ4n) is 2.61. The highest BCUT2D eigenvalue weighted by atomic mass is 16.5. The zero-order valence-corrected chi connectivity index (χ0v) is 14.0. The number of rotatable bonds is 5. The van der Waals surface area contributed by atoms with Crippen LogP contribution in [0.15, 0.2) is 42.6 Å². The van der Waals surface area contributed by atoms with Gasteiger partial charge in [0, 0.05) is 29.9 Å². The first kappa shape index (κ1) is 16.6. The Morgan fingerprint density at radius 1 is 1.12 bits per heavy atom. The number of pyridine rings is 1. The van der Waals surface area contributed by atoms with E-state index in [2.05, 4.69) is 16.4 Å². The molecule has 3 N–H and O–H groups in total. The predicted molar refractivity (Wildman–Crippen MR) is 97.2 cm³/mol. The molecule has 0 radical (unpaired) electrons. The molecule has 0 unspecified atom stereocenters. The first-order valence-electron chi connectivity index (χ1n) is 7.71. The van der Waals surface area contributed by atoms with E-state index in [1.807, 2.05) is 30.3 Å². The van der Waals surface area contributed by atoms with Crippen LogP contribution in [0.25, 0.3) is 10.9 Å². The van der Waals surface area contributed by atoms with Crippen LogP contribution >= 0.6 is 0 Å². The summed E-state index contributed by atoms with van der Waals surface area (Å²) in [4.78, 5) is 4.35. The third-order valence-corrected chi connectivity index (χ3v) is 3.95. The second-order valence-electron chi connectivity index (χ2n) is 5.41. The van der Waals surface area contributed by atoms with Crippen molar-refractivity contribution >= 4 is 22.3 Å². The quantitative estimate of drug-likeness (QED) is 0.743. The number of nitrogens with one attached hydrogen (secondary N) is 1. The number of anilines is 2. The second-order valence-corrected chi connectivity index (χ2v) is 5.41. The van der Waals surface area contributed by atoms with Gasteiger partial charge >= 0.3 is 0 Å². The maximum Gasteiger partial charge on any atom is 0.162 e. The number of fused-ring (bicyclic) bond motifs is 1. The molecule has 3 rings (SSSR count). The Bertz CT molecular complexity index is 946. The molecule has 25 heavy (non-hydrogen) atoms. The molecule has 0 saturated carbocycles. The first-order valence-corrected chi connectivity index (χ1v) is 7.71. The summed E-state index contributed by atoms with van der Waals surface area (Å²) < 4.78 is 10.7. The third kappa shape index (κ3) is 3.18. The number of hydrogen-bond acceptors (Lipinski definition) is 6. The fraction of sp³-hybridized carbons (Fsp3) is 0.158. The monoisotopic (exact) mass is 334 g/mol. The largest absolute Gasteiger partial charge is 0.493 e. The Morgan fingerprint density at radius 3 is 2.40 bits per heavy atom. The summed E-state index contributed by atoms with van der Waals surface area (Å²) in [6.07, 6.45) is 1.55. The summed E-state index contributed by atoms with van der Waals surface area (Å²) in [7, 11) is 3.15. The lowest BCUT2D eigenvalue weighted by molar-refractivity contribution is 0.356. The zero-order chi connectivity index (χ0) is 17.8. The Labute approximate surface area is 145 Å². The van der Waals surface area contributed by atoms with Gasteiger partial charge in [0.2, 0.25) is 0 Å². The van der Waals surface area contributed by atoms with Crippen molar-refractivity contribution in [3.8, 4) is 17.6 Å². The van der Waals surface area contributed by atoms with E-state index in [-0.39, 0.29) is 0 Å². The van der Waals surface area contributed by atoms with Crippen LogP contribution in [0.3, 0.4) is 0 Å². The second kappa shape index (κ2) is 7.07. The maximum absolute atomic E-state index is 9.46. The van der Waals surface area contributed by atoms with Crippen LogP contribution < -0.4 is 20.5 Å². The van der Waals surface area contributed by atoms with Crippen molar-refractivity contribution in [2.75, 3.05) is 19.5 Å². The summed E-state index contributed by atoms with van der Waals surface area (Å²) in [6, 6.07) is 13.5. The van der Waals surface area contributed by atoms with Crippen molar-refractivity contribution in [2.24, 2.45) is 5.73 Å². The minimum atomic E-state index is 0.447. The molecular formula is C19H18N4O2. The lowest BCUT2D eigenvalue weighted by Gasteiger charge is -2.14. The van der Waals surface area contributed by atoms with Gasteiger partial charge in [-0.1, -0.05) is 12.1 Å². The van der Waals surface area contributed by atoms with Crippen molar-refractivity contribution in [2.45, 2.75) is 6.54 Å². The van der Waals surface area contributed by atoms with E-state index in [1.54, 1.807) is 26.5 Å². The van der Waals surface area contributed by atoms with Crippen molar-refractivity contribution in [3.05, 3.63) is 53.7 Å². The molecule has 1 heterocycles. The van der Waals surface area contributed by atoms with Crippen LogP contribution in [0.4, 0.5) is 11.4 Å². The Morgan fingerprint density at radius 2 is 1.80 bits per heavy atom. The van der Waals surface area contributed by atoms with Crippen LogP contribution in [0.2, 0.25) is 0 Å². The highest BCUT2D eigenvalue weighted by Gasteiger charge is 2.14. The molecule has 0 bridgehead atoms. The third-order valence-electron chi connectivity index (χ3n) is 3.95. The van der Waals surface area contributed by atoms with Gasteiger partial charge in [-0.2, -0.15) is 5.26 Å². The van der Waals surface area contributed by atoms with Crippen LogP contribution in [-0.4, -0.2) is 19.2 Å². The average molecular weight is 334 g/mol. The van der Waals surface area contributed by atoms with Gasteiger partial charge in [0.25, 0.3) is 0 Å². The number of nitrogens with zero attached hydrogens (tertiary/aromatic N) is 2. The van der Waals surface area contributed by atoms with E-state index in [4.69, 9.17) is 15.2 Å². The van der Waals surface area contributed by atoms with Gasteiger partial charge in [0.1, 0.15) is 6.07 Å². The smallest absolute Gasteiger partial charge is 0.162 e. The molecule has 0 spiro atoms. The minimum Gasteiger partial charge on any atom is -0.493 e. The van der Waals surface area contributed by atoms with Crippen molar-refractivity contribution in [1.29, 1.82) is 5.26 Å². The van der Waals surface area contributed by atoms with E-state index < -0.39 is 0 Å². The number of benzene rings is 2. The molecule has 0 fully saturated rings.